The molecule has 5 nitrogen and oxygen atoms in total. The third kappa shape index (κ3) is 4.45. The Morgan fingerprint density at radius 2 is 2.18 bits per heavy atom. The molecule has 0 saturated carbocycles. The molecule has 0 radical (unpaired) electrons. The van der Waals surface area contributed by atoms with Gasteiger partial charge in [0.25, 0.3) is 5.56 Å². The highest BCUT2D eigenvalue weighted by Gasteiger charge is 2.10. The number of rotatable bonds is 5. The quantitative estimate of drug-likeness (QED) is 0.812. The lowest BCUT2D eigenvalue weighted by Gasteiger charge is -2.14. The maximum Gasteiger partial charge on any atom is 0.268 e. The summed E-state index contributed by atoms with van der Waals surface area (Å²) in [4.78, 5) is 23.2. The van der Waals surface area contributed by atoms with E-state index in [1.54, 1.807) is 6.20 Å². The van der Waals surface area contributed by atoms with E-state index in [4.69, 9.17) is 0 Å². The molecule has 1 rings (SSSR count). The van der Waals surface area contributed by atoms with Crippen LogP contribution in [0.1, 0.15) is 26.7 Å². The van der Waals surface area contributed by atoms with Crippen LogP contribution in [-0.2, 0) is 11.3 Å². The fraction of sp³-hybridized carbons (Fsp3) is 0.545. The van der Waals surface area contributed by atoms with Gasteiger partial charge in [-0.15, -0.1) is 0 Å². The lowest BCUT2D eigenvalue weighted by Crippen LogP contribution is -2.38. The molecule has 94 valence electrons. The van der Waals surface area contributed by atoms with E-state index in [2.05, 4.69) is 10.4 Å². The number of hydrogen-bond donors (Lipinski definition) is 1. The normalized spacial score (nSPS) is 10.6. The first-order valence-corrected chi connectivity index (χ1v) is 6.66. The predicted octanol–water partition coefficient (Wildman–Crippen LogP) is 1.15. The van der Waals surface area contributed by atoms with Gasteiger partial charge >= 0.3 is 0 Å². The zero-order valence-corrected chi connectivity index (χ0v) is 12.1. The van der Waals surface area contributed by atoms with Crippen molar-refractivity contribution in [1.82, 2.24) is 15.1 Å². The van der Waals surface area contributed by atoms with Crippen molar-refractivity contribution in [1.29, 1.82) is 0 Å². The molecule has 0 aliphatic heterocycles. The van der Waals surface area contributed by atoms with Crippen LogP contribution in [0.2, 0.25) is 0 Å². The second-order valence-corrected chi connectivity index (χ2v) is 5.00. The van der Waals surface area contributed by atoms with Gasteiger partial charge in [-0.1, -0.05) is 13.8 Å². The van der Waals surface area contributed by atoms with E-state index in [-0.39, 0.29) is 24.1 Å². The predicted molar refractivity (Wildman–Crippen MR) is 73.7 cm³/mol. The summed E-state index contributed by atoms with van der Waals surface area (Å²) in [6.45, 7) is 4.01. The monoisotopic (exact) mass is 349 g/mol. The molecule has 0 saturated heterocycles. The highest BCUT2D eigenvalue weighted by atomic mass is 127. The van der Waals surface area contributed by atoms with E-state index in [0.29, 0.717) is 0 Å². The van der Waals surface area contributed by atoms with E-state index in [0.717, 1.165) is 16.4 Å². The van der Waals surface area contributed by atoms with Crippen molar-refractivity contribution >= 4 is 28.5 Å². The fourth-order valence-corrected chi connectivity index (χ4v) is 1.82. The van der Waals surface area contributed by atoms with E-state index in [1.165, 1.54) is 10.7 Å². The Morgan fingerprint density at radius 3 is 2.71 bits per heavy atom. The Balaban J connectivity index is 2.65. The molecular weight excluding hydrogens is 333 g/mol. The Labute approximate surface area is 114 Å². The minimum atomic E-state index is -0.253. The van der Waals surface area contributed by atoms with Crippen LogP contribution >= 0.6 is 22.6 Å². The number of nitrogens with one attached hydrogen (secondary N) is 1. The number of aromatic nitrogens is 2. The molecule has 1 aromatic rings. The average molecular weight is 349 g/mol. The van der Waals surface area contributed by atoms with Gasteiger partial charge in [0.15, 0.2) is 0 Å². The standard InChI is InChI=1S/C11H16IN3O2/c1-3-9(4-2)14-10(16)7-15-11(17)5-8(12)6-13-15/h5-6,9H,3-4,7H2,1-2H3,(H,14,16). The number of nitrogens with zero attached hydrogens (tertiary/aromatic N) is 2. The lowest BCUT2D eigenvalue weighted by atomic mass is 10.2. The maximum atomic E-state index is 11.7. The first-order chi connectivity index (χ1) is 8.06. The molecule has 1 amide bonds. The first-order valence-electron chi connectivity index (χ1n) is 5.58. The number of halogens is 1. The lowest BCUT2D eigenvalue weighted by molar-refractivity contribution is -0.122. The topological polar surface area (TPSA) is 64.0 Å². The van der Waals surface area contributed by atoms with Crippen molar-refractivity contribution in [2.75, 3.05) is 0 Å². The molecule has 1 aromatic heterocycles. The van der Waals surface area contributed by atoms with Gasteiger partial charge in [0.1, 0.15) is 6.54 Å². The van der Waals surface area contributed by atoms with Gasteiger partial charge in [-0.25, -0.2) is 4.68 Å². The van der Waals surface area contributed by atoms with Crippen LogP contribution < -0.4 is 10.9 Å². The first kappa shape index (κ1) is 14.1. The molecule has 17 heavy (non-hydrogen) atoms. The smallest absolute Gasteiger partial charge is 0.268 e. The highest BCUT2D eigenvalue weighted by Crippen LogP contribution is 1.97. The second kappa shape index (κ2) is 6.73. The van der Waals surface area contributed by atoms with Crippen molar-refractivity contribution in [3.63, 3.8) is 0 Å². The van der Waals surface area contributed by atoms with Crippen LogP contribution in [0.15, 0.2) is 17.1 Å². The van der Waals surface area contributed by atoms with Gasteiger partial charge in [-0.2, -0.15) is 5.10 Å². The van der Waals surface area contributed by atoms with Gasteiger partial charge in [0, 0.05) is 15.7 Å². The summed E-state index contributed by atoms with van der Waals surface area (Å²) in [6, 6.07) is 1.62. The van der Waals surface area contributed by atoms with Crippen molar-refractivity contribution in [3.05, 3.63) is 26.2 Å². The second-order valence-electron chi connectivity index (χ2n) is 3.75. The van der Waals surface area contributed by atoms with Crippen LogP contribution in [0.25, 0.3) is 0 Å². The minimum Gasteiger partial charge on any atom is -0.352 e. The van der Waals surface area contributed by atoms with Crippen LogP contribution in [0.3, 0.4) is 0 Å². The third-order valence-corrected chi connectivity index (χ3v) is 3.07. The van der Waals surface area contributed by atoms with Gasteiger partial charge in [0.2, 0.25) is 5.91 Å². The largest absolute Gasteiger partial charge is 0.352 e. The zero-order valence-electron chi connectivity index (χ0n) is 9.94. The van der Waals surface area contributed by atoms with Crippen molar-refractivity contribution < 1.29 is 4.79 Å². The SMILES string of the molecule is CCC(CC)NC(=O)Cn1ncc(I)cc1=O. The van der Waals surface area contributed by atoms with E-state index in [9.17, 15) is 9.59 Å². The number of hydrogen-bond acceptors (Lipinski definition) is 3. The van der Waals surface area contributed by atoms with Gasteiger partial charge in [-0.05, 0) is 35.4 Å². The van der Waals surface area contributed by atoms with E-state index in [1.807, 2.05) is 36.4 Å². The summed E-state index contributed by atoms with van der Waals surface area (Å²) in [5.41, 5.74) is -0.253. The van der Waals surface area contributed by atoms with Crippen LogP contribution in [0.5, 0.6) is 0 Å². The zero-order chi connectivity index (χ0) is 12.8. The van der Waals surface area contributed by atoms with Gasteiger partial charge in [0.05, 0.1) is 6.20 Å². The molecule has 0 aliphatic rings. The molecule has 1 heterocycles. The average Bonchev–Trinajstić information content (AvgIpc) is 2.29. The number of carbonyl (C=O) groups is 1. The van der Waals surface area contributed by atoms with Crippen molar-refractivity contribution in [3.8, 4) is 0 Å². The molecule has 0 unspecified atom stereocenters. The summed E-state index contributed by atoms with van der Waals surface area (Å²) < 4.78 is 1.93. The van der Waals surface area contributed by atoms with Crippen LogP contribution in [-0.4, -0.2) is 21.7 Å². The Morgan fingerprint density at radius 1 is 1.53 bits per heavy atom. The third-order valence-electron chi connectivity index (χ3n) is 2.48. The number of amides is 1. The molecular formula is C11H16IN3O2. The number of carbonyl (C=O) groups excluding carboxylic acids is 1. The summed E-state index contributed by atoms with van der Waals surface area (Å²) in [5, 5.41) is 6.78. The molecule has 0 aromatic carbocycles. The van der Waals surface area contributed by atoms with Crippen molar-refractivity contribution in [2.45, 2.75) is 39.3 Å². The Bertz CT molecular complexity index is 441. The molecule has 0 aliphatic carbocycles. The molecule has 6 heteroatoms. The van der Waals surface area contributed by atoms with E-state index < -0.39 is 0 Å². The highest BCUT2D eigenvalue weighted by molar-refractivity contribution is 14.1. The maximum absolute atomic E-state index is 11.7. The fourth-order valence-electron chi connectivity index (χ4n) is 1.43. The summed E-state index contributed by atoms with van der Waals surface area (Å²) >= 11 is 2.01. The van der Waals surface area contributed by atoms with Crippen LogP contribution in [0, 0.1) is 3.57 Å². The van der Waals surface area contributed by atoms with Gasteiger partial charge < -0.3 is 5.32 Å². The van der Waals surface area contributed by atoms with Crippen LogP contribution in [0.4, 0.5) is 0 Å². The molecule has 0 bridgehead atoms. The summed E-state index contributed by atoms with van der Waals surface area (Å²) in [5.74, 6) is -0.172. The molecule has 0 spiro atoms. The molecule has 1 N–H and O–H groups in total. The minimum absolute atomic E-state index is 0.0216. The Hall–Kier alpha value is -0.920. The molecule has 0 fully saturated rings. The van der Waals surface area contributed by atoms with Gasteiger partial charge in [-0.3, -0.25) is 9.59 Å². The van der Waals surface area contributed by atoms with E-state index >= 15 is 0 Å². The summed E-state index contributed by atoms with van der Waals surface area (Å²) in [7, 11) is 0. The summed E-state index contributed by atoms with van der Waals surface area (Å²) in [6.07, 6.45) is 3.33. The van der Waals surface area contributed by atoms with Crippen molar-refractivity contribution in [2.24, 2.45) is 0 Å². The molecule has 0 atom stereocenters. The Kier molecular flexibility index (Phi) is 5.60.